The monoisotopic (exact) mass is 385 g/mol. The molecule has 3 nitrogen and oxygen atoms in total. The molecule has 0 atom stereocenters. The standard InChI is InChI=1S/C17H20BrNO2.ClH/c1-20-16-8-5-13(11-17(16)21-2)9-10-19-12-14-3-6-15(18)7-4-14;/h3-8,11,19H,9-10,12H2,1-2H3;1H. The summed E-state index contributed by atoms with van der Waals surface area (Å²) in [6.45, 7) is 1.80. The lowest BCUT2D eigenvalue weighted by atomic mass is 10.1. The zero-order valence-corrected chi connectivity index (χ0v) is 15.2. The summed E-state index contributed by atoms with van der Waals surface area (Å²) in [5.41, 5.74) is 2.52. The number of hydrogen-bond acceptors (Lipinski definition) is 3. The summed E-state index contributed by atoms with van der Waals surface area (Å²) >= 11 is 3.44. The summed E-state index contributed by atoms with van der Waals surface area (Å²) in [5.74, 6) is 1.55. The normalized spacial score (nSPS) is 9.95. The van der Waals surface area contributed by atoms with Crippen molar-refractivity contribution in [2.24, 2.45) is 0 Å². The molecule has 1 N–H and O–H groups in total. The molecule has 0 aliphatic rings. The lowest BCUT2D eigenvalue weighted by Crippen LogP contribution is -2.16. The van der Waals surface area contributed by atoms with Crippen molar-refractivity contribution < 1.29 is 9.47 Å². The van der Waals surface area contributed by atoms with Crippen LogP contribution in [-0.4, -0.2) is 20.8 Å². The van der Waals surface area contributed by atoms with E-state index in [0.717, 1.165) is 35.5 Å². The second-order valence-electron chi connectivity index (χ2n) is 4.74. The van der Waals surface area contributed by atoms with Crippen molar-refractivity contribution in [2.45, 2.75) is 13.0 Å². The van der Waals surface area contributed by atoms with Crippen LogP contribution in [0.5, 0.6) is 11.5 Å². The van der Waals surface area contributed by atoms with Gasteiger partial charge in [-0.1, -0.05) is 34.1 Å². The van der Waals surface area contributed by atoms with E-state index < -0.39 is 0 Å². The van der Waals surface area contributed by atoms with E-state index in [1.165, 1.54) is 11.1 Å². The predicted molar refractivity (Wildman–Crippen MR) is 96.3 cm³/mol. The van der Waals surface area contributed by atoms with Crippen molar-refractivity contribution in [3.63, 3.8) is 0 Å². The minimum atomic E-state index is 0. The van der Waals surface area contributed by atoms with Gasteiger partial charge < -0.3 is 14.8 Å². The van der Waals surface area contributed by atoms with Crippen LogP contribution in [0.15, 0.2) is 46.9 Å². The van der Waals surface area contributed by atoms with Crippen molar-refractivity contribution >= 4 is 28.3 Å². The van der Waals surface area contributed by atoms with E-state index in [-0.39, 0.29) is 12.4 Å². The molecule has 0 radical (unpaired) electrons. The Balaban J connectivity index is 0.00000242. The fraction of sp³-hybridized carbons (Fsp3) is 0.294. The molecule has 2 rings (SSSR count). The van der Waals surface area contributed by atoms with Gasteiger partial charge >= 0.3 is 0 Å². The maximum atomic E-state index is 5.31. The van der Waals surface area contributed by atoms with Crippen LogP contribution in [0.4, 0.5) is 0 Å². The van der Waals surface area contributed by atoms with E-state index in [2.05, 4.69) is 51.6 Å². The van der Waals surface area contributed by atoms with Crippen LogP contribution in [0, 0.1) is 0 Å². The van der Waals surface area contributed by atoms with E-state index in [1.54, 1.807) is 14.2 Å². The van der Waals surface area contributed by atoms with Crippen LogP contribution < -0.4 is 14.8 Å². The van der Waals surface area contributed by atoms with Crippen LogP contribution in [0.3, 0.4) is 0 Å². The highest BCUT2D eigenvalue weighted by Gasteiger charge is 2.04. The second-order valence-corrected chi connectivity index (χ2v) is 5.66. The average molecular weight is 387 g/mol. The molecule has 0 unspecified atom stereocenters. The first kappa shape index (κ1) is 18.8. The Hall–Kier alpha value is -1.23. The van der Waals surface area contributed by atoms with Gasteiger partial charge in [0.25, 0.3) is 0 Å². The zero-order chi connectivity index (χ0) is 15.1. The van der Waals surface area contributed by atoms with Gasteiger partial charge in [0, 0.05) is 11.0 Å². The van der Waals surface area contributed by atoms with Crippen molar-refractivity contribution in [1.82, 2.24) is 5.32 Å². The van der Waals surface area contributed by atoms with Crippen molar-refractivity contribution in [3.8, 4) is 11.5 Å². The Morgan fingerprint density at radius 3 is 2.18 bits per heavy atom. The molecule has 0 bridgehead atoms. The van der Waals surface area contributed by atoms with Gasteiger partial charge in [-0.15, -0.1) is 12.4 Å². The van der Waals surface area contributed by atoms with Gasteiger partial charge in [-0.05, 0) is 48.4 Å². The van der Waals surface area contributed by atoms with Crippen molar-refractivity contribution in [3.05, 3.63) is 58.1 Å². The fourth-order valence-corrected chi connectivity index (χ4v) is 2.37. The molecule has 0 fully saturated rings. The third kappa shape index (κ3) is 5.52. The molecule has 0 aliphatic heterocycles. The first-order valence-corrected chi connectivity index (χ1v) is 7.68. The predicted octanol–water partition coefficient (Wildman–Crippen LogP) is 4.22. The number of hydrogen-bond donors (Lipinski definition) is 1. The quantitative estimate of drug-likeness (QED) is 0.723. The number of halogens is 2. The Morgan fingerprint density at radius 1 is 0.909 bits per heavy atom. The molecule has 2 aromatic carbocycles. The van der Waals surface area contributed by atoms with Gasteiger partial charge in [0.05, 0.1) is 14.2 Å². The molecule has 0 heterocycles. The Morgan fingerprint density at radius 2 is 1.55 bits per heavy atom. The van der Waals surface area contributed by atoms with Gasteiger partial charge in [-0.25, -0.2) is 0 Å². The zero-order valence-electron chi connectivity index (χ0n) is 12.8. The Bertz CT molecular complexity index is 575. The maximum absolute atomic E-state index is 5.31. The molecule has 0 saturated heterocycles. The highest BCUT2D eigenvalue weighted by Crippen LogP contribution is 2.27. The lowest BCUT2D eigenvalue weighted by Gasteiger charge is -2.10. The summed E-state index contributed by atoms with van der Waals surface area (Å²) in [4.78, 5) is 0. The molecule has 5 heteroatoms. The number of nitrogens with one attached hydrogen (secondary N) is 1. The fourth-order valence-electron chi connectivity index (χ4n) is 2.10. The smallest absolute Gasteiger partial charge is 0.160 e. The SMILES string of the molecule is COc1ccc(CCNCc2ccc(Br)cc2)cc1OC.Cl. The van der Waals surface area contributed by atoms with E-state index >= 15 is 0 Å². The molecule has 0 spiro atoms. The van der Waals surface area contributed by atoms with E-state index in [0.29, 0.717) is 0 Å². The minimum absolute atomic E-state index is 0. The maximum Gasteiger partial charge on any atom is 0.160 e. The van der Waals surface area contributed by atoms with Gasteiger partial charge in [-0.2, -0.15) is 0 Å². The van der Waals surface area contributed by atoms with Gasteiger partial charge in [0.15, 0.2) is 11.5 Å². The summed E-state index contributed by atoms with van der Waals surface area (Å²) in [6, 6.07) is 14.4. The molecule has 2 aromatic rings. The van der Waals surface area contributed by atoms with Crippen LogP contribution in [0.2, 0.25) is 0 Å². The summed E-state index contributed by atoms with van der Waals surface area (Å²) in [5, 5.41) is 3.45. The van der Waals surface area contributed by atoms with Crippen LogP contribution in [0.1, 0.15) is 11.1 Å². The topological polar surface area (TPSA) is 30.5 Å². The second kappa shape index (κ2) is 9.72. The van der Waals surface area contributed by atoms with Crippen LogP contribution in [-0.2, 0) is 13.0 Å². The number of ether oxygens (including phenoxy) is 2. The van der Waals surface area contributed by atoms with Gasteiger partial charge in [0.2, 0.25) is 0 Å². The van der Waals surface area contributed by atoms with Crippen molar-refractivity contribution in [1.29, 1.82) is 0 Å². The molecule has 120 valence electrons. The molecular formula is C17H21BrClNO2. The first-order chi connectivity index (χ1) is 10.2. The molecule has 0 aromatic heterocycles. The molecule has 0 amide bonds. The molecular weight excluding hydrogens is 366 g/mol. The highest BCUT2D eigenvalue weighted by molar-refractivity contribution is 9.10. The summed E-state index contributed by atoms with van der Waals surface area (Å²) < 4.78 is 11.7. The third-order valence-electron chi connectivity index (χ3n) is 3.28. The Kier molecular flexibility index (Phi) is 8.31. The largest absolute Gasteiger partial charge is 0.493 e. The summed E-state index contributed by atoms with van der Waals surface area (Å²) in [6.07, 6.45) is 0.955. The molecule has 22 heavy (non-hydrogen) atoms. The van der Waals surface area contributed by atoms with Gasteiger partial charge in [-0.3, -0.25) is 0 Å². The summed E-state index contributed by atoms with van der Waals surface area (Å²) in [7, 11) is 3.31. The third-order valence-corrected chi connectivity index (χ3v) is 3.81. The van der Waals surface area contributed by atoms with Crippen molar-refractivity contribution in [2.75, 3.05) is 20.8 Å². The minimum Gasteiger partial charge on any atom is -0.493 e. The van der Waals surface area contributed by atoms with E-state index in [4.69, 9.17) is 9.47 Å². The van der Waals surface area contributed by atoms with Crippen LogP contribution in [0.25, 0.3) is 0 Å². The molecule has 0 saturated carbocycles. The van der Waals surface area contributed by atoms with E-state index in [9.17, 15) is 0 Å². The number of rotatable bonds is 7. The number of methoxy groups -OCH3 is 2. The number of benzene rings is 2. The van der Waals surface area contributed by atoms with Gasteiger partial charge in [0.1, 0.15) is 0 Å². The highest BCUT2D eigenvalue weighted by atomic mass is 79.9. The van der Waals surface area contributed by atoms with Crippen LogP contribution >= 0.6 is 28.3 Å². The Labute approximate surface area is 146 Å². The molecule has 0 aliphatic carbocycles. The first-order valence-electron chi connectivity index (χ1n) is 6.89. The van der Waals surface area contributed by atoms with E-state index in [1.807, 2.05) is 12.1 Å². The lowest BCUT2D eigenvalue weighted by molar-refractivity contribution is 0.354. The average Bonchev–Trinajstić information content (AvgIpc) is 2.53.